The molecule has 0 spiro atoms. The average molecular weight is 297 g/mol. The molecule has 0 aliphatic carbocycles. The molecule has 1 aromatic heterocycles. The molecule has 0 radical (unpaired) electrons. The smallest absolute Gasteiger partial charge is 0.140 e. The summed E-state index contributed by atoms with van der Waals surface area (Å²) in [5.41, 5.74) is 11.6. The molecular formula is C20H27NO. The van der Waals surface area contributed by atoms with Gasteiger partial charge in [-0.1, -0.05) is 59.7 Å². The van der Waals surface area contributed by atoms with Crippen LogP contribution in [-0.2, 0) is 0 Å². The molecule has 0 atom stereocenters. The van der Waals surface area contributed by atoms with E-state index in [-0.39, 0.29) is 0 Å². The Morgan fingerprint density at radius 3 is 2.09 bits per heavy atom. The van der Waals surface area contributed by atoms with Gasteiger partial charge in [-0.3, -0.25) is 0 Å². The van der Waals surface area contributed by atoms with Gasteiger partial charge in [0.1, 0.15) is 11.2 Å². The number of hydrogen-bond donors (Lipinski definition) is 1. The molecule has 22 heavy (non-hydrogen) atoms. The second-order valence-corrected chi connectivity index (χ2v) is 6.08. The van der Waals surface area contributed by atoms with Crippen LogP contribution in [0, 0.1) is 0 Å². The molecule has 0 saturated carbocycles. The van der Waals surface area contributed by atoms with Crippen LogP contribution in [0.15, 0.2) is 34.7 Å². The first-order valence-corrected chi connectivity index (χ1v) is 8.24. The highest BCUT2D eigenvalue weighted by atomic mass is 16.3. The van der Waals surface area contributed by atoms with E-state index >= 15 is 0 Å². The number of nitrogens with two attached hydrogens (primary N) is 1. The minimum absolute atomic E-state index is 0.408. The number of nitrogen functional groups attached to an aromatic ring is 1. The maximum absolute atomic E-state index is 6.44. The first-order valence-electron chi connectivity index (χ1n) is 8.24. The van der Waals surface area contributed by atoms with Crippen molar-refractivity contribution in [3.63, 3.8) is 0 Å². The number of anilines is 1. The first-order chi connectivity index (χ1) is 10.5. The summed E-state index contributed by atoms with van der Waals surface area (Å²) in [4.78, 5) is 0. The minimum Gasteiger partial charge on any atom is -0.456 e. The van der Waals surface area contributed by atoms with Gasteiger partial charge in [0.25, 0.3) is 0 Å². The van der Waals surface area contributed by atoms with Crippen LogP contribution in [0.2, 0.25) is 0 Å². The van der Waals surface area contributed by atoms with E-state index < -0.39 is 0 Å². The molecule has 2 N–H and O–H groups in total. The molecule has 0 fully saturated rings. The molecule has 0 saturated heterocycles. The number of benzene rings is 2. The Balaban J connectivity index is 0.000000847. The second kappa shape index (κ2) is 6.43. The zero-order valence-electron chi connectivity index (χ0n) is 14.5. The van der Waals surface area contributed by atoms with Crippen molar-refractivity contribution in [2.45, 2.75) is 53.4 Å². The Morgan fingerprint density at radius 2 is 1.50 bits per heavy atom. The summed E-state index contributed by atoms with van der Waals surface area (Å²) >= 11 is 0. The van der Waals surface area contributed by atoms with Crippen LogP contribution in [-0.4, -0.2) is 0 Å². The molecule has 2 heteroatoms. The van der Waals surface area contributed by atoms with Crippen LogP contribution in [0.1, 0.15) is 64.5 Å². The van der Waals surface area contributed by atoms with Gasteiger partial charge < -0.3 is 10.2 Å². The zero-order chi connectivity index (χ0) is 16.4. The second-order valence-electron chi connectivity index (χ2n) is 6.08. The molecule has 0 bridgehead atoms. The molecule has 0 amide bonds. The van der Waals surface area contributed by atoms with Crippen molar-refractivity contribution in [1.82, 2.24) is 0 Å². The lowest BCUT2D eigenvalue weighted by atomic mass is 9.91. The molecule has 1 heterocycles. The van der Waals surface area contributed by atoms with Crippen LogP contribution < -0.4 is 5.73 Å². The van der Waals surface area contributed by atoms with Crippen LogP contribution in [0.4, 0.5) is 5.69 Å². The van der Waals surface area contributed by atoms with Crippen molar-refractivity contribution in [2.75, 3.05) is 5.73 Å². The van der Waals surface area contributed by atoms with Crippen molar-refractivity contribution >= 4 is 27.6 Å². The maximum Gasteiger partial charge on any atom is 0.140 e. The van der Waals surface area contributed by atoms with Gasteiger partial charge in [-0.25, -0.2) is 0 Å². The molecule has 3 rings (SSSR count). The maximum atomic E-state index is 6.44. The molecule has 118 valence electrons. The summed E-state index contributed by atoms with van der Waals surface area (Å²) in [5, 5.41) is 2.19. The fourth-order valence-corrected chi connectivity index (χ4v) is 2.88. The third-order valence-electron chi connectivity index (χ3n) is 3.99. The van der Waals surface area contributed by atoms with Gasteiger partial charge in [-0.2, -0.15) is 0 Å². The van der Waals surface area contributed by atoms with Gasteiger partial charge >= 0.3 is 0 Å². The summed E-state index contributed by atoms with van der Waals surface area (Å²) < 4.78 is 6.08. The van der Waals surface area contributed by atoms with Crippen molar-refractivity contribution in [1.29, 1.82) is 0 Å². The molecule has 0 unspecified atom stereocenters. The van der Waals surface area contributed by atoms with E-state index in [1.807, 2.05) is 32.0 Å². The summed E-state index contributed by atoms with van der Waals surface area (Å²) in [6, 6.07) is 10.3. The number of furan rings is 1. The van der Waals surface area contributed by atoms with E-state index in [1.165, 1.54) is 11.1 Å². The normalized spacial score (nSPS) is 11.3. The lowest BCUT2D eigenvalue weighted by molar-refractivity contribution is 0.656. The summed E-state index contributed by atoms with van der Waals surface area (Å²) in [6.07, 6.45) is 0. The number of para-hydroxylation sites is 1. The fraction of sp³-hybridized carbons (Fsp3) is 0.400. The van der Waals surface area contributed by atoms with E-state index in [2.05, 4.69) is 39.8 Å². The predicted octanol–water partition coefficient (Wildman–Crippen LogP) is 6.44. The van der Waals surface area contributed by atoms with E-state index in [0.717, 1.165) is 27.6 Å². The lowest BCUT2D eigenvalue weighted by Crippen LogP contribution is -2.00. The average Bonchev–Trinajstić information content (AvgIpc) is 2.88. The van der Waals surface area contributed by atoms with Gasteiger partial charge in [0.15, 0.2) is 0 Å². The number of fused-ring (bicyclic) bond motifs is 3. The van der Waals surface area contributed by atoms with Gasteiger partial charge in [-0.05, 0) is 35.1 Å². The fourth-order valence-electron chi connectivity index (χ4n) is 2.88. The Morgan fingerprint density at radius 1 is 0.909 bits per heavy atom. The molecule has 2 nitrogen and oxygen atoms in total. The highest BCUT2D eigenvalue weighted by molar-refractivity contribution is 6.12. The SMILES string of the molecule is CC.CC(C)c1cc(C(C)C)c2oc3ccccc3c2c1N. The Bertz CT molecular complexity index is 781. The standard InChI is InChI=1S/C18H21NO.C2H6/c1-10(2)13-9-14(11(3)4)18-16(17(13)19)12-7-5-6-8-15(12)20-18;1-2/h5-11H,19H2,1-4H3;1-2H3. The van der Waals surface area contributed by atoms with Gasteiger partial charge in [0.05, 0.1) is 5.39 Å². The highest BCUT2D eigenvalue weighted by Gasteiger charge is 2.19. The number of hydrogen-bond acceptors (Lipinski definition) is 2. The van der Waals surface area contributed by atoms with Crippen molar-refractivity contribution in [3.05, 3.63) is 41.5 Å². The van der Waals surface area contributed by atoms with E-state index in [1.54, 1.807) is 0 Å². The zero-order valence-corrected chi connectivity index (χ0v) is 14.5. The van der Waals surface area contributed by atoms with E-state index in [4.69, 9.17) is 10.2 Å². The summed E-state index contributed by atoms with van der Waals surface area (Å²) in [5.74, 6) is 0.821. The number of rotatable bonds is 2. The van der Waals surface area contributed by atoms with E-state index in [0.29, 0.717) is 11.8 Å². The van der Waals surface area contributed by atoms with Crippen LogP contribution >= 0.6 is 0 Å². The van der Waals surface area contributed by atoms with Gasteiger partial charge in [0, 0.05) is 11.1 Å². The monoisotopic (exact) mass is 297 g/mol. The minimum atomic E-state index is 0.408. The van der Waals surface area contributed by atoms with Crippen molar-refractivity contribution < 1.29 is 4.42 Å². The van der Waals surface area contributed by atoms with Crippen molar-refractivity contribution in [3.8, 4) is 0 Å². The van der Waals surface area contributed by atoms with Gasteiger partial charge in [0.2, 0.25) is 0 Å². The van der Waals surface area contributed by atoms with Crippen LogP contribution in [0.3, 0.4) is 0 Å². The van der Waals surface area contributed by atoms with Crippen LogP contribution in [0.5, 0.6) is 0 Å². The topological polar surface area (TPSA) is 39.2 Å². The van der Waals surface area contributed by atoms with Crippen LogP contribution in [0.25, 0.3) is 21.9 Å². The largest absolute Gasteiger partial charge is 0.456 e. The molecule has 0 aliphatic rings. The molecule has 3 aromatic rings. The van der Waals surface area contributed by atoms with Gasteiger partial charge in [-0.15, -0.1) is 0 Å². The Labute approximate surface area is 133 Å². The lowest BCUT2D eigenvalue weighted by Gasteiger charge is -2.15. The predicted molar refractivity (Wildman–Crippen MR) is 97.7 cm³/mol. The quantitative estimate of drug-likeness (QED) is 0.553. The Kier molecular flexibility index (Phi) is 4.80. The third-order valence-corrected chi connectivity index (χ3v) is 3.99. The molecule has 0 aliphatic heterocycles. The highest BCUT2D eigenvalue weighted by Crippen LogP contribution is 2.41. The van der Waals surface area contributed by atoms with E-state index in [9.17, 15) is 0 Å². The Hall–Kier alpha value is -1.96. The van der Waals surface area contributed by atoms with Crippen molar-refractivity contribution in [2.24, 2.45) is 0 Å². The summed E-state index contributed by atoms with van der Waals surface area (Å²) in [6.45, 7) is 12.8. The molecule has 2 aromatic carbocycles. The first kappa shape index (κ1) is 16.4. The molecular weight excluding hydrogens is 270 g/mol. The summed E-state index contributed by atoms with van der Waals surface area (Å²) in [7, 11) is 0. The third kappa shape index (κ3) is 2.58.